The Morgan fingerprint density at radius 2 is 0.606 bits per heavy atom. The molecule has 0 amide bonds. The maximum atomic E-state index is 10.8. The molecule has 0 aromatic heterocycles. The Balaban J connectivity index is -0.0000000383. The van der Waals surface area contributed by atoms with E-state index in [0.29, 0.717) is 5.41 Å². The van der Waals surface area contributed by atoms with Gasteiger partial charge >= 0.3 is 11.9 Å². The number of hydrogen-bond donors (Lipinski definition) is 0. The molecule has 0 aliphatic carbocycles. The van der Waals surface area contributed by atoms with Crippen LogP contribution >= 0.6 is 0 Å². The number of Topliss-reactive ketones (excluding diaryl/α,β-unsaturated/α-hetero) is 5. The summed E-state index contributed by atoms with van der Waals surface area (Å²) in [6.45, 7) is 60.8. The molecule has 0 aliphatic heterocycles. The lowest BCUT2D eigenvalue weighted by Gasteiger charge is -2.13. The SMILES string of the molecule is C.C.C.C.C.C#CC(C)(C)C.C=CC(C)(C)C.CC(=O)C(C)(C)C.CC(=O)C(C)(C)C.CC(=O)C(C)(C)C.CC(=O)C(C)(C)C.CC(=O)OC(=O)C(C)(C)C.CC(C)=O.CN=NC(C)(C)C. The van der Waals surface area contributed by atoms with Gasteiger partial charge in [0.2, 0.25) is 0 Å². The summed E-state index contributed by atoms with van der Waals surface area (Å²) in [5.41, 5.74) is -0.763. The summed E-state index contributed by atoms with van der Waals surface area (Å²) in [6, 6.07) is 0. The third-order valence-electron chi connectivity index (χ3n) is 6.52. The first-order valence-corrected chi connectivity index (χ1v) is 20.7. The van der Waals surface area contributed by atoms with Crippen molar-refractivity contribution in [1.29, 1.82) is 0 Å². The van der Waals surface area contributed by atoms with Crippen molar-refractivity contribution in [3.05, 3.63) is 12.7 Å². The molecule has 0 saturated carbocycles. The van der Waals surface area contributed by atoms with Gasteiger partial charge in [-0.3, -0.25) is 28.8 Å². The van der Waals surface area contributed by atoms with Crippen LogP contribution in [0.25, 0.3) is 0 Å². The minimum absolute atomic E-state index is 0. The van der Waals surface area contributed by atoms with Crippen LogP contribution in [0.15, 0.2) is 22.9 Å². The first-order valence-electron chi connectivity index (χ1n) is 20.7. The number of allylic oxidation sites excluding steroid dienone is 1. The summed E-state index contributed by atoms with van der Waals surface area (Å²) in [5, 5.41) is 7.51. The smallest absolute Gasteiger partial charge is 0.318 e. The predicted octanol–water partition coefficient (Wildman–Crippen LogP) is 17.1. The van der Waals surface area contributed by atoms with Gasteiger partial charge in [0.15, 0.2) is 0 Å². The Kier molecular flexibility index (Phi) is 68.7. The summed E-state index contributed by atoms with van der Waals surface area (Å²) in [7, 11) is 1.69. The van der Waals surface area contributed by atoms with Crippen LogP contribution in [-0.2, 0) is 38.3 Å². The average molecular weight is 950 g/mol. The number of rotatable bonds is 0. The molecule has 402 valence electrons. The molecule has 0 heterocycles. The Bertz CT molecular complexity index is 1240. The van der Waals surface area contributed by atoms with Crippen molar-refractivity contribution in [3.63, 3.8) is 0 Å². The minimum atomic E-state index is -0.592. The van der Waals surface area contributed by atoms with E-state index >= 15 is 0 Å². The highest BCUT2D eigenvalue weighted by Crippen LogP contribution is 2.16. The lowest BCUT2D eigenvalue weighted by molar-refractivity contribution is -0.164. The zero-order valence-corrected chi connectivity index (χ0v) is 46.0. The van der Waals surface area contributed by atoms with Crippen molar-refractivity contribution in [1.82, 2.24) is 0 Å². The molecule has 0 atom stereocenters. The zero-order chi connectivity index (χ0) is 52.6. The second-order valence-corrected chi connectivity index (χ2v) is 22.7. The fraction of sp³-hybridized carbons (Fsp3) is 0.804. The summed E-state index contributed by atoms with van der Waals surface area (Å²) in [5.74, 6) is 2.70. The number of nitrogens with zero attached hydrogens (tertiary/aromatic N) is 2. The number of terminal acetylenes is 1. The Labute approximate surface area is 415 Å². The van der Waals surface area contributed by atoms with Crippen molar-refractivity contribution in [3.8, 4) is 12.3 Å². The summed E-state index contributed by atoms with van der Waals surface area (Å²) in [4.78, 5) is 72.4. The molecule has 66 heavy (non-hydrogen) atoms. The molecular weight excluding hydrogens is 829 g/mol. The molecule has 0 rings (SSSR count). The minimum Gasteiger partial charge on any atom is -0.393 e. The number of azo groups is 1. The van der Waals surface area contributed by atoms with Gasteiger partial charge in [0.25, 0.3) is 0 Å². The Morgan fingerprint density at radius 3 is 0.621 bits per heavy atom. The molecule has 0 bridgehead atoms. The van der Waals surface area contributed by atoms with E-state index in [1.807, 2.05) is 131 Å². The van der Waals surface area contributed by atoms with Crippen LogP contribution in [0.4, 0.5) is 0 Å². The second kappa shape index (κ2) is 45.2. The van der Waals surface area contributed by atoms with E-state index in [-0.39, 0.29) is 98.7 Å². The number of carbonyl (C=O) groups is 7. The van der Waals surface area contributed by atoms with Crippen molar-refractivity contribution < 1.29 is 38.3 Å². The van der Waals surface area contributed by atoms with Gasteiger partial charge < -0.3 is 9.53 Å². The highest BCUT2D eigenvalue weighted by atomic mass is 16.6. The lowest BCUT2D eigenvalue weighted by atomic mass is 9.92. The average Bonchev–Trinajstić information content (AvgIpc) is 2.95. The molecule has 0 aliphatic rings. The Morgan fingerprint density at radius 1 is 0.455 bits per heavy atom. The second-order valence-electron chi connectivity index (χ2n) is 22.7. The van der Waals surface area contributed by atoms with Crippen LogP contribution in [0.5, 0.6) is 0 Å². The largest absolute Gasteiger partial charge is 0.393 e. The van der Waals surface area contributed by atoms with Gasteiger partial charge in [-0.05, 0) is 109 Å². The van der Waals surface area contributed by atoms with Crippen LogP contribution in [0.2, 0.25) is 0 Å². The zero-order valence-electron chi connectivity index (χ0n) is 46.0. The van der Waals surface area contributed by atoms with E-state index in [9.17, 15) is 33.6 Å². The van der Waals surface area contributed by atoms with Gasteiger partial charge in [0.1, 0.15) is 28.9 Å². The standard InChI is InChI=1S/C7H12O3.4C6H12O.C6H12.C6H10.C5H12N2.C3H6O.5CH4/c1-5(8)10-6(9)7(2,3)4;4*1-5(7)6(2,3)4;2*1-5-6(2,3)4;1-5(2,3)7-6-4;1-3(2)4;;;;;/h1-4H3;4*1-4H3;5H,1H2,2-4H3;1H,2-4H3;1-4H3;1-2H3;5*1H4. The summed E-state index contributed by atoms with van der Waals surface area (Å²) < 4.78 is 4.34. The Hall–Kier alpha value is -3.61. The van der Waals surface area contributed by atoms with Gasteiger partial charge in [0, 0.05) is 41.0 Å². The first-order chi connectivity index (χ1) is 26.0. The van der Waals surface area contributed by atoms with Crippen LogP contribution < -0.4 is 0 Å². The maximum Gasteiger partial charge on any atom is 0.318 e. The number of esters is 2. The van der Waals surface area contributed by atoms with Crippen LogP contribution in [-0.4, -0.2) is 53.4 Å². The van der Waals surface area contributed by atoms with Crippen LogP contribution in [0.3, 0.4) is 0 Å². The van der Waals surface area contributed by atoms with E-state index in [1.54, 1.807) is 55.5 Å². The van der Waals surface area contributed by atoms with E-state index in [1.165, 1.54) is 20.8 Å². The molecule has 0 unspecified atom stereocenters. The third-order valence-corrected chi connectivity index (χ3v) is 6.52. The number of carbonyl (C=O) groups excluding carboxylic acids is 7. The lowest BCUT2D eigenvalue weighted by Crippen LogP contribution is -2.24. The first kappa shape index (κ1) is 100. The van der Waals surface area contributed by atoms with Crippen molar-refractivity contribution in [2.24, 2.45) is 48.1 Å². The molecule has 0 radical (unpaired) electrons. The molecule has 0 saturated heterocycles. The third kappa shape index (κ3) is 131. The monoisotopic (exact) mass is 949 g/mol. The fourth-order valence-electron chi connectivity index (χ4n) is 0.584. The number of hydrogen-bond acceptors (Lipinski definition) is 10. The molecular formula is C56H120N2O8. The quantitative estimate of drug-likeness (QED) is 0.0764. The van der Waals surface area contributed by atoms with Crippen molar-refractivity contribution >= 4 is 40.9 Å². The molecule has 0 aromatic carbocycles. The van der Waals surface area contributed by atoms with Crippen LogP contribution in [0, 0.1) is 50.2 Å². The van der Waals surface area contributed by atoms with E-state index < -0.39 is 17.4 Å². The molecule has 0 aromatic rings. The van der Waals surface area contributed by atoms with E-state index in [4.69, 9.17) is 6.42 Å². The van der Waals surface area contributed by atoms with Gasteiger partial charge in [-0.15, -0.1) is 18.9 Å². The van der Waals surface area contributed by atoms with Gasteiger partial charge in [-0.25, -0.2) is 0 Å². The van der Waals surface area contributed by atoms with E-state index in [2.05, 4.69) is 48.2 Å². The topological polar surface area (TPSA) is 153 Å². The van der Waals surface area contributed by atoms with E-state index in [0.717, 1.165) is 0 Å². The highest BCUT2D eigenvalue weighted by Gasteiger charge is 2.24. The summed E-state index contributed by atoms with van der Waals surface area (Å²) in [6.07, 6.45) is 6.99. The van der Waals surface area contributed by atoms with Crippen LogP contribution in [0.1, 0.15) is 252 Å². The molecule has 0 fully saturated rings. The molecule has 0 N–H and O–H groups in total. The fourth-order valence-corrected chi connectivity index (χ4v) is 0.584. The van der Waals surface area contributed by atoms with Gasteiger partial charge in [-0.1, -0.05) is 147 Å². The highest BCUT2D eigenvalue weighted by molar-refractivity contribution is 5.87. The molecule has 10 nitrogen and oxygen atoms in total. The predicted molar refractivity (Wildman–Crippen MR) is 295 cm³/mol. The van der Waals surface area contributed by atoms with Crippen molar-refractivity contribution in [2.75, 3.05) is 7.05 Å². The summed E-state index contributed by atoms with van der Waals surface area (Å²) >= 11 is 0. The van der Waals surface area contributed by atoms with Crippen molar-refractivity contribution in [2.45, 2.75) is 257 Å². The number of ether oxygens (including phenoxy) is 1. The van der Waals surface area contributed by atoms with Gasteiger partial charge in [0.05, 0.1) is 11.0 Å². The maximum absolute atomic E-state index is 10.8. The normalized spacial score (nSPS) is 10.2. The number of ketones is 5. The van der Waals surface area contributed by atoms with Gasteiger partial charge in [-0.2, -0.15) is 10.2 Å². The molecule has 0 spiro atoms. The molecule has 10 heteroatoms.